The lowest BCUT2D eigenvalue weighted by Gasteiger charge is -2.40. The largest absolute Gasteiger partial charge is 0.508 e. The minimum atomic E-state index is 0.359. The van der Waals surface area contributed by atoms with Crippen LogP contribution in [0, 0.1) is 0 Å². The number of likely N-dealkylation sites (tertiary alicyclic amines) is 1. The van der Waals surface area contributed by atoms with Gasteiger partial charge in [0.05, 0.1) is 0 Å². The SMILES string of the molecule is CCCC1CCCCN1C(C)Cc1ccc(O)cc1. The molecule has 2 atom stereocenters. The minimum Gasteiger partial charge on any atom is -0.508 e. The Hall–Kier alpha value is -1.02. The fraction of sp³-hybridized carbons (Fsp3) is 0.647. The molecule has 1 fully saturated rings. The summed E-state index contributed by atoms with van der Waals surface area (Å²) in [6.07, 6.45) is 7.81. The molecule has 19 heavy (non-hydrogen) atoms. The lowest BCUT2D eigenvalue weighted by atomic mass is 9.94. The predicted molar refractivity (Wildman–Crippen MR) is 80.5 cm³/mol. The molecule has 2 rings (SSSR count). The molecule has 1 aromatic carbocycles. The summed E-state index contributed by atoms with van der Waals surface area (Å²) in [5.41, 5.74) is 1.33. The Morgan fingerprint density at radius 1 is 1.26 bits per heavy atom. The molecule has 0 spiro atoms. The van der Waals surface area contributed by atoms with E-state index in [1.54, 1.807) is 12.1 Å². The summed E-state index contributed by atoms with van der Waals surface area (Å²) in [5, 5.41) is 9.34. The van der Waals surface area contributed by atoms with E-state index in [2.05, 4.69) is 18.7 Å². The third-order valence-corrected chi connectivity index (χ3v) is 4.33. The van der Waals surface area contributed by atoms with Crippen LogP contribution in [0.2, 0.25) is 0 Å². The van der Waals surface area contributed by atoms with E-state index in [0.717, 1.165) is 12.5 Å². The Bertz CT molecular complexity index is 371. The summed E-state index contributed by atoms with van der Waals surface area (Å²) in [4.78, 5) is 2.71. The van der Waals surface area contributed by atoms with Gasteiger partial charge in [-0.2, -0.15) is 0 Å². The van der Waals surface area contributed by atoms with Crippen molar-refractivity contribution in [2.24, 2.45) is 0 Å². The molecule has 0 aromatic heterocycles. The highest BCUT2D eigenvalue weighted by Gasteiger charge is 2.25. The van der Waals surface area contributed by atoms with Crippen molar-refractivity contribution in [1.82, 2.24) is 4.90 Å². The fourth-order valence-corrected chi connectivity index (χ4v) is 3.34. The van der Waals surface area contributed by atoms with Gasteiger partial charge in [0.25, 0.3) is 0 Å². The zero-order chi connectivity index (χ0) is 13.7. The van der Waals surface area contributed by atoms with E-state index in [9.17, 15) is 5.11 Å². The lowest BCUT2D eigenvalue weighted by Crippen LogP contribution is -2.45. The van der Waals surface area contributed by atoms with Crippen LogP contribution in [0.3, 0.4) is 0 Å². The normalized spacial score (nSPS) is 22.3. The fourth-order valence-electron chi connectivity index (χ4n) is 3.34. The second-order valence-electron chi connectivity index (χ2n) is 5.90. The van der Waals surface area contributed by atoms with Crippen molar-refractivity contribution in [2.75, 3.05) is 6.54 Å². The highest BCUT2D eigenvalue weighted by atomic mass is 16.3. The number of aromatic hydroxyl groups is 1. The maximum Gasteiger partial charge on any atom is 0.115 e. The molecule has 2 heteroatoms. The molecule has 0 aliphatic carbocycles. The van der Waals surface area contributed by atoms with E-state index < -0.39 is 0 Å². The van der Waals surface area contributed by atoms with Crippen molar-refractivity contribution in [3.63, 3.8) is 0 Å². The van der Waals surface area contributed by atoms with E-state index in [4.69, 9.17) is 0 Å². The van der Waals surface area contributed by atoms with E-state index >= 15 is 0 Å². The maximum atomic E-state index is 9.34. The Kier molecular flexibility index (Phi) is 5.26. The first-order valence-electron chi connectivity index (χ1n) is 7.74. The van der Waals surface area contributed by atoms with Crippen molar-refractivity contribution in [1.29, 1.82) is 0 Å². The Balaban J connectivity index is 1.96. The summed E-state index contributed by atoms with van der Waals surface area (Å²) in [6, 6.07) is 9.06. The molecule has 0 amide bonds. The van der Waals surface area contributed by atoms with Gasteiger partial charge in [0.1, 0.15) is 5.75 Å². The van der Waals surface area contributed by atoms with E-state index in [0.29, 0.717) is 11.8 Å². The zero-order valence-electron chi connectivity index (χ0n) is 12.3. The lowest BCUT2D eigenvalue weighted by molar-refractivity contribution is 0.0962. The number of phenolic OH excluding ortho intramolecular Hbond substituents is 1. The number of rotatable bonds is 5. The molecule has 0 bridgehead atoms. The molecule has 106 valence electrons. The third-order valence-electron chi connectivity index (χ3n) is 4.33. The molecule has 1 heterocycles. The Labute approximate surface area is 117 Å². The molecule has 1 aliphatic heterocycles. The smallest absolute Gasteiger partial charge is 0.115 e. The van der Waals surface area contributed by atoms with Gasteiger partial charge in [-0.15, -0.1) is 0 Å². The summed E-state index contributed by atoms with van der Waals surface area (Å²) < 4.78 is 0. The first-order valence-corrected chi connectivity index (χ1v) is 7.74. The van der Waals surface area contributed by atoms with E-state index in [-0.39, 0.29) is 0 Å². The molecular formula is C17H27NO. The first kappa shape index (κ1) is 14.4. The minimum absolute atomic E-state index is 0.359. The van der Waals surface area contributed by atoms with Crippen LogP contribution in [0.1, 0.15) is 51.5 Å². The standard InChI is InChI=1S/C17H27NO/c1-3-6-16-7-4-5-12-18(16)14(2)13-15-8-10-17(19)11-9-15/h8-11,14,16,19H,3-7,12-13H2,1-2H3. The van der Waals surface area contributed by atoms with Gasteiger partial charge in [-0.05, 0) is 56.8 Å². The molecule has 2 nitrogen and oxygen atoms in total. The van der Waals surface area contributed by atoms with Gasteiger partial charge in [0.15, 0.2) is 0 Å². The maximum absolute atomic E-state index is 9.34. The van der Waals surface area contributed by atoms with Crippen molar-refractivity contribution in [3.8, 4) is 5.75 Å². The molecule has 1 aromatic rings. The average molecular weight is 261 g/mol. The van der Waals surface area contributed by atoms with Crippen LogP contribution in [0.25, 0.3) is 0 Å². The Morgan fingerprint density at radius 3 is 2.68 bits per heavy atom. The van der Waals surface area contributed by atoms with Crippen LogP contribution >= 0.6 is 0 Å². The number of hydrogen-bond acceptors (Lipinski definition) is 2. The summed E-state index contributed by atoms with van der Waals surface area (Å²) in [5.74, 6) is 0.359. The Morgan fingerprint density at radius 2 is 2.00 bits per heavy atom. The molecule has 0 radical (unpaired) electrons. The summed E-state index contributed by atoms with van der Waals surface area (Å²) >= 11 is 0. The third kappa shape index (κ3) is 3.97. The zero-order valence-corrected chi connectivity index (χ0v) is 12.3. The van der Waals surface area contributed by atoms with Crippen molar-refractivity contribution in [2.45, 2.75) is 64.5 Å². The van der Waals surface area contributed by atoms with Crippen LogP contribution in [0.4, 0.5) is 0 Å². The van der Waals surface area contributed by atoms with Gasteiger partial charge in [0.2, 0.25) is 0 Å². The molecule has 1 aliphatic rings. The van der Waals surface area contributed by atoms with Crippen molar-refractivity contribution < 1.29 is 5.11 Å². The average Bonchev–Trinajstić information content (AvgIpc) is 2.42. The molecule has 2 unspecified atom stereocenters. The van der Waals surface area contributed by atoms with Crippen LogP contribution in [0.15, 0.2) is 24.3 Å². The van der Waals surface area contributed by atoms with Crippen LogP contribution in [-0.2, 0) is 6.42 Å². The van der Waals surface area contributed by atoms with Gasteiger partial charge in [0, 0.05) is 12.1 Å². The van der Waals surface area contributed by atoms with E-state index in [1.165, 1.54) is 44.2 Å². The van der Waals surface area contributed by atoms with Gasteiger partial charge < -0.3 is 5.11 Å². The number of nitrogens with zero attached hydrogens (tertiary/aromatic N) is 1. The van der Waals surface area contributed by atoms with Crippen LogP contribution < -0.4 is 0 Å². The number of phenols is 1. The molecule has 1 saturated heterocycles. The molecular weight excluding hydrogens is 234 g/mol. The highest BCUT2D eigenvalue weighted by Crippen LogP contribution is 2.24. The van der Waals surface area contributed by atoms with E-state index in [1.807, 2.05) is 12.1 Å². The van der Waals surface area contributed by atoms with Gasteiger partial charge in [-0.1, -0.05) is 31.9 Å². The second kappa shape index (κ2) is 6.95. The van der Waals surface area contributed by atoms with Gasteiger partial charge in [-0.25, -0.2) is 0 Å². The number of benzene rings is 1. The molecule has 0 saturated carbocycles. The van der Waals surface area contributed by atoms with Crippen LogP contribution in [-0.4, -0.2) is 28.6 Å². The van der Waals surface area contributed by atoms with Crippen molar-refractivity contribution in [3.05, 3.63) is 29.8 Å². The quantitative estimate of drug-likeness (QED) is 0.866. The highest BCUT2D eigenvalue weighted by molar-refractivity contribution is 5.26. The van der Waals surface area contributed by atoms with Crippen LogP contribution in [0.5, 0.6) is 5.75 Å². The monoisotopic (exact) mass is 261 g/mol. The first-order chi connectivity index (χ1) is 9.20. The predicted octanol–water partition coefficient (Wildman–Crippen LogP) is 3.98. The topological polar surface area (TPSA) is 23.5 Å². The summed E-state index contributed by atoms with van der Waals surface area (Å²) in [6.45, 7) is 5.89. The van der Waals surface area contributed by atoms with Gasteiger partial charge >= 0.3 is 0 Å². The molecule has 1 N–H and O–H groups in total. The second-order valence-corrected chi connectivity index (χ2v) is 5.90. The number of piperidine rings is 1. The number of hydrogen-bond donors (Lipinski definition) is 1. The van der Waals surface area contributed by atoms with Gasteiger partial charge in [-0.3, -0.25) is 4.90 Å². The summed E-state index contributed by atoms with van der Waals surface area (Å²) in [7, 11) is 0. The van der Waals surface area contributed by atoms with Crippen molar-refractivity contribution >= 4 is 0 Å².